The van der Waals surface area contributed by atoms with Gasteiger partial charge in [-0.15, -0.1) is 0 Å². The first-order valence-corrected chi connectivity index (χ1v) is 5.50. The zero-order valence-corrected chi connectivity index (χ0v) is 10.3. The van der Waals surface area contributed by atoms with Crippen molar-refractivity contribution in [3.8, 4) is 0 Å². The second-order valence-corrected chi connectivity index (χ2v) is 3.92. The molecule has 0 spiro atoms. The number of hydrogen-bond donors (Lipinski definition) is 0. The molecule has 0 saturated carbocycles. The van der Waals surface area contributed by atoms with Crippen LogP contribution in [0.5, 0.6) is 0 Å². The molecular formula is C13H22O2. The van der Waals surface area contributed by atoms with Gasteiger partial charge in [-0.05, 0) is 39.2 Å². The molecule has 0 unspecified atom stereocenters. The molecule has 0 N–H and O–H groups in total. The van der Waals surface area contributed by atoms with Gasteiger partial charge >= 0.3 is 5.97 Å². The van der Waals surface area contributed by atoms with Crippen molar-refractivity contribution in [1.29, 1.82) is 0 Å². The molecule has 0 saturated heterocycles. The van der Waals surface area contributed by atoms with Crippen molar-refractivity contribution in [2.75, 3.05) is 6.61 Å². The number of carbonyl (C=O) groups is 1. The van der Waals surface area contributed by atoms with Gasteiger partial charge < -0.3 is 4.74 Å². The summed E-state index contributed by atoms with van der Waals surface area (Å²) in [6.07, 6.45) is 6.86. The topological polar surface area (TPSA) is 26.3 Å². The second-order valence-electron chi connectivity index (χ2n) is 3.92. The molecule has 0 aromatic rings. The number of unbranched alkanes of at least 4 members (excludes halogenated alkanes) is 1. The maximum absolute atomic E-state index is 10.9. The van der Waals surface area contributed by atoms with Crippen LogP contribution in [0.15, 0.2) is 23.3 Å². The fourth-order valence-electron chi connectivity index (χ4n) is 1.06. The highest BCUT2D eigenvalue weighted by Gasteiger charge is 1.97. The van der Waals surface area contributed by atoms with E-state index in [1.165, 1.54) is 5.57 Å². The van der Waals surface area contributed by atoms with Crippen LogP contribution in [0.3, 0.4) is 0 Å². The maximum Gasteiger partial charge on any atom is 0.305 e. The fourth-order valence-corrected chi connectivity index (χ4v) is 1.06. The van der Waals surface area contributed by atoms with Crippen molar-refractivity contribution < 1.29 is 9.53 Å². The van der Waals surface area contributed by atoms with Crippen molar-refractivity contribution >= 4 is 5.97 Å². The summed E-state index contributed by atoms with van der Waals surface area (Å²) < 4.78 is 5.01. The van der Waals surface area contributed by atoms with E-state index < -0.39 is 0 Å². The fraction of sp³-hybridized carbons (Fsp3) is 0.615. The molecule has 0 bridgehead atoms. The lowest BCUT2D eigenvalue weighted by Crippen LogP contribution is -2.04. The van der Waals surface area contributed by atoms with E-state index in [4.69, 9.17) is 4.74 Å². The Morgan fingerprint density at radius 2 is 1.73 bits per heavy atom. The Bertz CT molecular complexity index is 245. The van der Waals surface area contributed by atoms with Crippen LogP contribution in [0, 0.1) is 0 Å². The summed E-state index contributed by atoms with van der Waals surface area (Å²) in [6, 6.07) is 0. The van der Waals surface area contributed by atoms with E-state index in [2.05, 4.69) is 26.0 Å². The monoisotopic (exact) mass is 210 g/mol. The summed E-state index contributed by atoms with van der Waals surface area (Å²) in [5.41, 5.74) is 2.47. The lowest BCUT2D eigenvalue weighted by Gasteiger charge is -2.02. The molecule has 0 rings (SSSR count). The lowest BCUT2D eigenvalue weighted by atomic mass is 10.2. The first kappa shape index (κ1) is 13.9. The van der Waals surface area contributed by atoms with Crippen LogP contribution in [0.1, 0.15) is 47.0 Å². The number of carbonyl (C=O) groups excluding carboxylic acids is 1. The van der Waals surface area contributed by atoms with E-state index >= 15 is 0 Å². The third-order valence-corrected chi connectivity index (χ3v) is 1.96. The van der Waals surface area contributed by atoms with Crippen molar-refractivity contribution in [3.05, 3.63) is 23.3 Å². The Morgan fingerprint density at radius 1 is 1.13 bits per heavy atom. The molecule has 0 atom stereocenters. The Labute approximate surface area is 93.0 Å². The number of hydrogen-bond acceptors (Lipinski definition) is 2. The van der Waals surface area contributed by atoms with Gasteiger partial charge in [-0.3, -0.25) is 4.79 Å². The molecule has 2 heteroatoms. The zero-order chi connectivity index (χ0) is 11.7. The summed E-state index contributed by atoms with van der Waals surface area (Å²) in [6.45, 7) is 8.42. The van der Waals surface area contributed by atoms with Gasteiger partial charge in [0.2, 0.25) is 0 Å². The summed E-state index contributed by atoms with van der Waals surface area (Å²) in [4.78, 5) is 10.9. The van der Waals surface area contributed by atoms with Crippen molar-refractivity contribution in [2.45, 2.75) is 47.0 Å². The SMILES string of the molecule is CCC(=O)OC/C(C)=C/CCC=C(C)C. The molecule has 0 aliphatic rings. The number of allylic oxidation sites excluding steroid dienone is 3. The highest BCUT2D eigenvalue weighted by atomic mass is 16.5. The zero-order valence-electron chi connectivity index (χ0n) is 10.3. The van der Waals surface area contributed by atoms with Gasteiger partial charge in [-0.1, -0.05) is 24.6 Å². The van der Waals surface area contributed by atoms with E-state index in [0.717, 1.165) is 18.4 Å². The number of esters is 1. The van der Waals surface area contributed by atoms with Gasteiger partial charge in [-0.2, -0.15) is 0 Å². The largest absolute Gasteiger partial charge is 0.461 e. The van der Waals surface area contributed by atoms with Crippen LogP contribution >= 0.6 is 0 Å². The smallest absolute Gasteiger partial charge is 0.305 e. The van der Waals surface area contributed by atoms with E-state index in [1.54, 1.807) is 6.92 Å². The summed E-state index contributed by atoms with van der Waals surface area (Å²) in [5, 5.41) is 0. The van der Waals surface area contributed by atoms with Crippen LogP contribution in [0.25, 0.3) is 0 Å². The minimum absolute atomic E-state index is 0.132. The van der Waals surface area contributed by atoms with Crippen LogP contribution in [-0.2, 0) is 9.53 Å². The quantitative estimate of drug-likeness (QED) is 0.380. The summed E-state index contributed by atoms with van der Waals surface area (Å²) in [5.74, 6) is -0.132. The molecule has 15 heavy (non-hydrogen) atoms. The normalized spacial score (nSPS) is 11.1. The van der Waals surface area contributed by atoms with Crippen molar-refractivity contribution in [3.63, 3.8) is 0 Å². The highest BCUT2D eigenvalue weighted by molar-refractivity contribution is 5.69. The van der Waals surface area contributed by atoms with E-state index in [1.807, 2.05) is 6.92 Å². The molecule has 0 aromatic carbocycles. The average Bonchev–Trinajstić information content (AvgIpc) is 2.20. The molecule has 0 fully saturated rings. The van der Waals surface area contributed by atoms with Gasteiger partial charge in [0.1, 0.15) is 6.61 Å². The lowest BCUT2D eigenvalue weighted by molar-refractivity contribution is -0.142. The summed E-state index contributed by atoms with van der Waals surface area (Å²) in [7, 11) is 0. The Hall–Kier alpha value is -1.05. The molecule has 2 nitrogen and oxygen atoms in total. The molecule has 0 heterocycles. The Balaban J connectivity index is 3.70. The molecule has 0 amide bonds. The molecule has 0 aromatic heterocycles. The third kappa shape index (κ3) is 9.26. The van der Waals surface area contributed by atoms with Crippen LogP contribution in [-0.4, -0.2) is 12.6 Å². The maximum atomic E-state index is 10.9. The van der Waals surface area contributed by atoms with Crippen molar-refractivity contribution in [1.82, 2.24) is 0 Å². The number of rotatable bonds is 6. The molecule has 0 aliphatic heterocycles. The van der Waals surface area contributed by atoms with E-state index in [9.17, 15) is 4.79 Å². The van der Waals surface area contributed by atoms with Crippen molar-refractivity contribution in [2.24, 2.45) is 0 Å². The second kappa shape index (κ2) is 8.27. The average molecular weight is 210 g/mol. The molecule has 0 aliphatic carbocycles. The predicted molar refractivity (Wildman–Crippen MR) is 63.7 cm³/mol. The Morgan fingerprint density at radius 3 is 2.27 bits per heavy atom. The van der Waals surface area contributed by atoms with Gasteiger partial charge in [0.05, 0.1) is 0 Å². The van der Waals surface area contributed by atoms with Gasteiger partial charge in [0, 0.05) is 6.42 Å². The van der Waals surface area contributed by atoms with Crippen LogP contribution in [0.4, 0.5) is 0 Å². The van der Waals surface area contributed by atoms with Gasteiger partial charge in [-0.25, -0.2) is 0 Å². The summed E-state index contributed by atoms with van der Waals surface area (Å²) >= 11 is 0. The minimum Gasteiger partial charge on any atom is -0.461 e. The standard InChI is InChI=1S/C13H22O2/c1-5-13(14)15-10-12(4)9-7-6-8-11(2)3/h8-9H,5-7,10H2,1-4H3/b12-9+. The third-order valence-electron chi connectivity index (χ3n) is 1.96. The highest BCUT2D eigenvalue weighted by Crippen LogP contribution is 2.02. The molecule has 86 valence electrons. The molecule has 0 radical (unpaired) electrons. The number of ether oxygens (including phenoxy) is 1. The van der Waals surface area contributed by atoms with Crippen LogP contribution in [0.2, 0.25) is 0 Å². The first-order chi connectivity index (χ1) is 7.06. The van der Waals surface area contributed by atoms with E-state index in [0.29, 0.717) is 13.0 Å². The minimum atomic E-state index is -0.132. The first-order valence-electron chi connectivity index (χ1n) is 5.50. The molecular weight excluding hydrogens is 188 g/mol. The van der Waals surface area contributed by atoms with Gasteiger partial charge in [0.25, 0.3) is 0 Å². The van der Waals surface area contributed by atoms with Crippen LogP contribution < -0.4 is 0 Å². The van der Waals surface area contributed by atoms with E-state index in [-0.39, 0.29) is 5.97 Å². The predicted octanol–water partition coefficient (Wildman–Crippen LogP) is 3.63. The van der Waals surface area contributed by atoms with Gasteiger partial charge in [0.15, 0.2) is 0 Å². The Kier molecular flexibility index (Phi) is 7.69.